The molecule has 8 heteroatoms. The molecule has 0 bridgehead atoms. The van der Waals surface area contributed by atoms with Gasteiger partial charge in [0.15, 0.2) is 5.76 Å². The second-order valence-corrected chi connectivity index (χ2v) is 6.99. The number of hydrogen-bond donors (Lipinski definition) is 2. The number of hydrogen-bond acceptors (Lipinski definition) is 6. The van der Waals surface area contributed by atoms with Crippen molar-refractivity contribution in [1.82, 2.24) is 25.4 Å². The van der Waals surface area contributed by atoms with E-state index in [0.29, 0.717) is 24.6 Å². The quantitative estimate of drug-likeness (QED) is 0.700. The first kappa shape index (κ1) is 18.1. The normalized spacial score (nSPS) is 12.8. The minimum absolute atomic E-state index is 0.158. The molecular formula is C20H21N5O3. The number of aromatic amines is 1. The Hall–Kier alpha value is -3.29. The third kappa shape index (κ3) is 3.58. The fourth-order valence-electron chi connectivity index (χ4n) is 3.48. The van der Waals surface area contributed by atoms with Gasteiger partial charge in [0.25, 0.3) is 11.5 Å². The molecule has 1 amide bonds. The summed E-state index contributed by atoms with van der Waals surface area (Å²) in [6, 6.07) is 3.54. The van der Waals surface area contributed by atoms with Crippen molar-refractivity contribution in [3.8, 4) is 11.3 Å². The Morgan fingerprint density at radius 3 is 2.93 bits per heavy atom. The van der Waals surface area contributed by atoms with Crippen LogP contribution >= 0.6 is 0 Å². The molecule has 0 aliphatic heterocycles. The summed E-state index contributed by atoms with van der Waals surface area (Å²) >= 11 is 0. The van der Waals surface area contributed by atoms with E-state index in [1.807, 2.05) is 19.9 Å². The van der Waals surface area contributed by atoms with Crippen LogP contribution < -0.4 is 10.9 Å². The highest BCUT2D eigenvalue weighted by Crippen LogP contribution is 2.23. The molecule has 1 aliphatic rings. The average molecular weight is 379 g/mol. The fourth-order valence-corrected chi connectivity index (χ4v) is 3.48. The number of nitrogens with one attached hydrogen (secondary N) is 2. The maximum Gasteiger partial charge on any atom is 0.261 e. The smallest absolute Gasteiger partial charge is 0.261 e. The van der Waals surface area contributed by atoms with Gasteiger partial charge in [-0.25, -0.2) is 9.97 Å². The van der Waals surface area contributed by atoms with Gasteiger partial charge in [0.1, 0.15) is 11.4 Å². The molecule has 1 aliphatic carbocycles. The van der Waals surface area contributed by atoms with Crippen molar-refractivity contribution in [2.75, 3.05) is 6.54 Å². The Morgan fingerprint density at radius 1 is 1.29 bits per heavy atom. The zero-order valence-corrected chi connectivity index (χ0v) is 15.8. The van der Waals surface area contributed by atoms with E-state index in [1.165, 1.54) is 0 Å². The SMILES string of the molecule is Cc1cc(-c2cnc(C)nc2CCNC(=O)c2cc3c([nH]c2=O)CCC3)on1. The van der Waals surface area contributed by atoms with Crippen LogP contribution in [0.1, 0.15) is 45.2 Å². The van der Waals surface area contributed by atoms with E-state index in [-0.39, 0.29) is 17.0 Å². The molecule has 3 aromatic rings. The lowest BCUT2D eigenvalue weighted by Crippen LogP contribution is -2.31. The van der Waals surface area contributed by atoms with E-state index in [1.54, 1.807) is 12.3 Å². The van der Waals surface area contributed by atoms with Gasteiger partial charge in [0, 0.05) is 30.9 Å². The second-order valence-electron chi connectivity index (χ2n) is 6.99. The molecule has 28 heavy (non-hydrogen) atoms. The van der Waals surface area contributed by atoms with E-state index in [9.17, 15) is 9.59 Å². The third-order valence-corrected chi connectivity index (χ3v) is 4.86. The summed E-state index contributed by atoms with van der Waals surface area (Å²) < 4.78 is 5.32. The Kier molecular flexibility index (Phi) is 4.77. The van der Waals surface area contributed by atoms with Gasteiger partial charge in [-0.1, -0.05) is 5.16 Å². The molecule has 3 aromatic heterocycles. The number of pyridine rings is 1. The molecule has 2 N–H and O–H groups in total. The van der Waals surface area contributed by atoms with Gasteiger partial charge in [0.05, 0.1) is 17.0 Å². The topological polar surface area (TPSA) is 114 Å². The number of fused-ring (bicyclic) bond motifs is 1. The van der Waals surface area contributed by atoms with Crippen LogP contribution in [0.25, 0.3) is 11.3 Å². The van der Waals surface area contributed by atoms with Gasteiger partial charge in [-0.15, -0.1) is 0 Å². The molecular weight excluding hydrogens is 358 g/mol. The molecule has 0 fully saturated rings. The van der Waals surface area contributed by atoms with E-state index in [4.69, 9.17) is 4.52 Å². The predicted octanol–water partition coefficient (Wildman–Crippen LogP) is 1.90. The summed E-state index contributed by atoms with van der Waals surface area (Å²) in [5, 5.41) is 6.72. The Labute approximate surface area is 161 Å². The van der Waals surface area contributed by atoms with Gasteiger partial charge in [0.2, 0.25) is 0 Å². The van der Waals surface area contributed by atoms with Crippen LogP contribution in [0.2, 0.25) is 0 Å². The van der Waals surface area contributed by atoms with Gasteiger partial charge < -0.3 is 14.8 Å². The molecule has 0 spiro atoms. The fraction of sp³-hybridized carbons (Fsp3) is 0.350. The zero-order chi connectivity index (χ0) is 19.7. The second kappa shape index (κ2) is 7.38. The van der Waals surface area contributed by atoms with Crippen LogP contribution in [0.4, 0.5) is 0 Å². The first-order valence-electron chi connectivity index (χ1n) is 9.31. The molecule has 0 aromatic carbocycles. The number of amides is 1. The molecule has 0 radical (unpaired) electrons. The van der Waals surface area contributed by atoms with Crippen LogP contribution in [0.5, 0.6) is 0 Å². The lowest BCUT2D eigenvalue weighted by Gasteiger charge is -2.09. The molecule has 0 saturated heterocycles. The molecule has 4 rings (SSSR count). The van der Waals surface area contributed by atoms with Crippen LogP contribution in [-0.2, 0) is 19.3 Å². The average Bonchev–Trinajstić information content (AvgIpc) is 3.29. The van der Waals surface area contributed by atoms with Crippen molar-refractivity contribution < 1.29 is 9.32 Å². The summed E-state index contributed by atoms with van der Waals surface area (Å²) in [7, 11) is 0. The Bertz CT molecular complexity index is 1100. The lowest BCUT2D eigenvalue weighted by molar-refractivity contribution is 0.0952. The highest BCUT2D eigenvalue weighted by molar-refractivity contribution is 5.94. The summed E-state index contributed by atoms with van der Waals surface area (Å²) in [5.41, 5.74) is 4.09. The van der Waals surface area contributed by atoms with E-state index >= 15 is 0 Å². The van der Waals surface area contributed by atoms with Gasteiger partial charge in [-0.2, -0.15) is 0 Å². The molecule has 0 unspecified atom stereocenters. The van der Waals surface area contributed by atoms with E-state index in [0.717, 1.165) is 47.5 Å². The molecule has 0 saturated carbocycles. The van der Waals surface area contributed by atoms with E-state index < -0.39 is 0 Å². The predicted molar refractivity (Wildman–Crippen MR) is 102 cm³/mol. The first-order valence-corrected chi connectivity index (χ1v) is 9.31. The van der Waals surface area contributed by atoms with Crippen LogP contribution in [-0.4, -0.2) is 32.6 Å². The van der Waals surface area contributed by atoms with Crippen LogP contribution in [0.15, 0.2) is 27.6 Å². The van der Waals surface area contributed by atoms with Crippen LogP contribution in [0.3, 0.4) is 0 Å². The lowest BCUT2D eigenvalue weighted by atomic mass is 10.1. The minimum Gasteiger partial charge on any atom is -0.356 e. The zero-order valence-electron chi connectivity index (χ0n) is 15.8. The van der Waals surface area contributed by atoms with Crippen molar-refractivity contribution in [3.05, 3.63) is 62.7 Å². The Balaban J connectivity index is 1.48. The maximum absolute atomic E-state index is 12.5. The molecule has 8 nitrogen and oxygen atoms in total. The molecule has 0 atom stereocenters. The van der Waals surface area contributed by atoms with Crippen molar-refractivity contribution in [2.45, 2.75) is 39.5 Å². The number of rotatable bonds is 5. The summed E-state index contributed by atoms with van der Waals surface area (Å²) in [4.78, 5) is 36.2. The summed E-state index contributed by atoms with van der Waals surface area (Å²) in [6.07, 6.45) is 4.95. The third-order valence-electron chi connectivity index (χ3n) is 4.86. The minimum atomic E-state index is -0.376. The number of carbonyl (C=O) groups excluding carboxylic acids is 1. The highest BCUT2D eigenvalue weighted by atomic mass is 16.5. The highest BCUT2D eigenvalue weighted by Gasteiger charge is 2.18. The van der Waals surface area contributed by atoms with Crippen molar-refractivity contribution in [3.63, 3.8) is 0 Å². The van der Waals surface area contributed by atoms with Crippen LogP contribution in [0, 0.1) is 13.8 Å². The van der Waals surface area contributed by atoms with Gasteiger partial charge in [-0.3, -0.25) is 9.59 Å². The van der Waals surface area contributed by atoms with E-state index in [2.05, 4.69) is 25.4 Å². The number of carbonyl (C=O) groups is 1. The molecule has 3 heterocycles. The first-order chi connectivity index (χ1) is 13.5. The van der Waals surface area contributed by atoms with Crippen molar-refractivity contribution in [1.29, 1.82) is 0 Å². The van der Waals surface area contributed by atoms with Crippen molar-refractivity contribution >= 4 is 5.91 Å². The Morgan fingerprint density at radius 2 is 2.14 bits per heavy atom. The van der Waals surface area contributed by atoms with Gasteiger partial charge in [-0.05, 0) is 44.7 Å². The standard InChI is InChI=1S/C20H21N5O3/c1-11-8-18(28-25-11)15-10-22-12(2)23-17(15)6-7-21-19(26)14-9-13-4-3-5-16(13)24-20(14)27/h8-10H,3-7H2,1-2H3,(H,21,26)(H,24,27). The number of nitrogens with zero attached hydrogens (tertiary/aromatic N) is 3. The van der Waals surface area contributed by atoms with Gasteiger partial charge >= 0.3 is 0 Å². The number of H-pyrrole nitrogens is 1. The largest absolute Gasteiger partial charge is 0.356 e. The number of aryl methyl sites for hydroxylation is 4. The maximum atomic E-state index is 12.5. The number of aromatic nitrogens is 4. The van der Waals surface area contributed by atoms with Crippen molar-refractivity contribution in [2.24, 2.45) is 0 Å². The summed E-state index contributed by atoms with van der Waals surface area (Å²) in [6.45, 7) is 3.99. The summed E-state index contributed by atoms with van der Waals surface area (Å²) in [5.74, 6) is 0.851. The monoisotopic (exact) mass is 379 g/mol. The molecule has 144 valence electrons.